The number of aryl methyl sites for hydroxylation is 1. The zero-order valence-corrected chi connectivity index (χ0v) is 12.7. The molecule has 2 amide bonds. The summed E-state index contributed by atoms with van der Waals surface area (Å²) >= 11 is 0. The molecule has 0 heterocycles. The number of ether oxygens (including phenoxy) is 1. The minimum Gasteiger partial charge on any atom is -0.494 e. The lowest BCUT2D eigenvalue weighted by Gasteiger charge is -2.16. The molecule has 1 fully saturated rings. The smallest absolute Gasteiger partial charge is 0.319 e. The summed E-state index contributed by atoms with van der Waals surface area (Å²) in [4.78, 5) is 11.9. The Morgan fingerprint density at radius 2 is 2.24 bits per heavy atom. The van der Waals surface area contributed by atoms with Crippen LogP contribution in [0, 0.1) is 12.8 Å². The van der Waals surface area contributed by atoms with Gasteiger partial charge in [0.05, 0.1) is 12.7 Å². The van der Waals surface area contributed by atoms with Gasteiger partial charge in [0.1, 0.15) is 5.75 Å². The third-order valence-electron chi connectivity index (χ3n) is 3.88. The Kier molecular flexibility index (Phi) is 5.44. The summed E-state index contributed by atoms with van der Waals surface area (Å²) in [7, 11) is 0. The van der Waals surface area contributed by atoms with Crippen molar-refractivity contribution in [2.45, 2.75) is 39.2 Å². The van der Waals surface area contributed by atoms with Gasteiger partial charge in [-0.2, -0.15) is 0 Å². The molecule has 21 heavy (non-hydrogen) atoms. The highest BCUT2D eigenvalue weighted by Crippen LogP contribution is 2.25. The highest BCUT2D eigenvalue weighted by molar-refractivity contribution is 5.89. The number of anilines is 1. The normalized spacial score (nSPS) is 21.1. The molecule has 116 valence electrons. The zero-order valence-electron chi connectivity index (χ0n) is 12.7. The molecule has 5 heteroatoms. The van der Waals surface area contributed by atoms with Gasteiger partial charge in [-0.25, -0.2) is 4.79 Å². The summed E-state index contributed by atoms with van der Waals surface area (Å²) in [6, 6.07) is 5.32. The van der Waals surface area contributed by atoms with Crippen LogP contribution >= 0.6 is 0 Å². The van der Waals surface area contributed by atoms with Gasteiger partial charge in [-0.15, -0.1) is 0 Å². The fourth-order valence-corrected chi connectivity index (χ4v) is 2.70. The van der Waals surface area contributed by atoms with E-state index in [1.54, 1.807) is 0 Å². The molecular weight excluding hydrogens is 268 g/mol. The number of aliphatic hydroxyl groups is 1. The molecule has 5 nitrogen and oxygen atoms in total. The molecule has 1 aliphatic carbocycles. The second-order valence-electron chi connectivity index (χ2n) is 5.51. The molecule has 1 saturated carbocycles. The predicted molar refractivity (Wildman–Crippen MR) is 82.7 cm³/mol. The number of nitrogens with one attached hydrogen (secondary N) is 2. The lowest BCUT2D eigenvalue weighted by Crippen LogP contribution is -2.35. The van der Waals surface area contributed by atoms with E-state index in [1.807, 2.05) is 32.0 Å². The highest BCUT2D eigenvalue weighted by Gasteiger charge is 2.25. The second kappa shape index (κ2) is 7.31. The van der Waals surface area contributed by atoms with Crippen LogP contribution in [0.2, 0.25) is 0 Å². The predicted octanol–water partition coefficient (Wildman–Crippen LogP) is 2.68. The average Bonchev–Trinajstić information content (AvgIpc) is 2.85. The van der Waals surface area contributed by atoms with Crippen molar-refractivity contribution in [3.05, 3.63) is 23.8 Å². The molecule has 2 atom stereocenters. The number of amides is 2. The maximum absolute atomic E-state index is 11.9. The summed E-state index contributed by atoms with van der Waals surface area (Å²) in [5, 5.41) is 15.3. The maximum Gasteiger partial charge on any atom is 0.319 e. The number of aliphatic hydroxyl groups excluding tert-OH is 1. The molecule has 0 unspecified atom stereocenters. The average molecular weight is 292 g/mol. The van der Waals surface area contributed by atoms with Crippen molar-refractivity contribution in [3.63, 3.8) is 0 Å². The topological polar surface area (TPSA) is 70.6 Å². The Balaban J connectivity index is 1.83. The van der Waals surface area contributed by atoms with E-state index in [4.69, 9.17) is 4.74 Å². The van der Waals surface area contributed by atoms with Crippen molar-refractivity contribution >= 4 is 11.7 Å². The van der Waals surface area contributed by atoms with Crippen molar-refractivity contribution in [2.75, 3.05) is 18.5 Å². The molecule has 3 N–H and O–H groups in total. The van der Waals surface area contributed by atoms with Gasteiger partial charge in [0.2, 0.25) is 0 Å². The number of urea groups is 1. The third-order valence-corrected chi connectivity index (χ3v) is 3.88. The van der Waals surface area contributed by atoms with Crippen LogP contribution in [0.5, 0.6) is 5.75 Å². The maximum atomic E-state index is 11.9. The molecule has 1 aliphatic rings. The van der Waals surface area contributed by atoms with Crippen LogP contribution in [0.25, 0.3) is 0 Å². The van der Waals surface area contributed by atoms with Crippen LogP contribution in [0.1, 0.15) is 31.7 Å². The van der Waals surface area contributed by atoms with Crippen molar-refractivity contribution in [2.24, 2.45) is 5.92 Å². The van der Waals surface area contributed by atoms with Gasteiger partial charge >= 0.3 is 6.03 Å². The molecule has 1 aromatic carbocycles. The number of benzene rings is 1. The van der Waals surface area contributed by atoms with Gasteiger partial charge in [-0.3, -0.25) is 0 Å². The molecule has 0 saturated heterocycles. The van der Waals surface area contributed by atoms with Crippen molar-refractivity contribution < 1.29 is 14.6 Å². The first-order valence-corrected chi connectivity index (χ1v) is 7.56. The Hall–Kier alpha value is -1.75. The van der Waals surface area contributed by atoms with E-state index >= 15 is 0 Å². The van der Waals surface area contributed by atoms with Crippen molar-refractivity contribution in [1.82, 2.24) is 5.32 Å². The molecule has 0 aliphatic heterocycles. The minimum absolute atomic E-state index is 0.179. The van der Waals surface area contributed by atoms with E-state index in [0.717, 1.165) is 36.3 Å². The van der Waals surface area contributed by atoms with E-state index in [0.29, 0.717) is 13.2 Å². The number of carbonyl (C=O) groups excluding carboxylic acids is 1. The van der Waals surface area contributed by atoms with E-state index < -0.39 is 0 Å². The van der Waals surface area contributed by atoms with Gasteiger partial charge in [-0.05, 0) is 50.5 Å². The van der Waals surface area contributed by atoms with Gasteiger partial charge in [-0.1, -0.05) is 6.42 Å². The van der Waals surface area contributed by atoms with Gasteiger partial charge in [0.15, 0.2) is 0 Å². The Bertz CT molecular complexity index is 490. The van der Waals surface area contributed by atoms with E-state index in [-0.39, 0.29) is 18.1 Å². The highest BCUT2D eigenvalue weighted by atomic mass is 16.5. The third kappa shape index (κ3) is 4.36. The first-order chi connectivity index (χ1) is 10.1. The molecule has 1 aromatic rings. The largest absolute Gasteiger partial charge is 0.494 e. The zero-order chi connectivity index (χ0) is 15.2. The van der Waals surface area contributed by atoms with Crippen LogP contribution in [0.3, 0.4) is 0 Å². The number of rotatable bonds is 5. The Morgan fingerprint density at radius 3 is 2.86 bits per heavy atom. The first kappa shape index (κ1) is 15.6. The quantitative estimate of drug-likeness (QED) is 0.781. The van der Waals surface area contributed by atoms with Gasteiger partial charge < -0.3 is 20.5 Å². The number of carbonyl (C=O) groups is 1. The SMILES string of the molecule is CCOc1ccc(NC(=O)NC[C@@H]2CCC[C@H]2O)cc1C. The van der Waals surface area contributed by atoms with Crippen molar-refractivity contribution in [3.8, 4) is 5.75 Å². The monoisotopic (exact) mass is 292 g/mol. The molecule has 0 aromatic heterocycles. The van der Waals surface area contributed by atoms with Crippen LogP contribution in [-0.2, 0) is 0 Å². The minimum atomic E-state index is -0.280. The van der Waals surface area contributed by atoms with E-state index in [9.17, 15) is 9.90 Å². The molecular formula is C16H24N2O3. The fraction of sp³-hybridized carbons (Fsp3) is 0.562. The fourth-order valence-electron chi connectivity index (χ4n) is 2.70. The summed E-state index contributed by atoms with van der Waals surface area (Å²) in [5.41, 5.74) is 1.72. The van der Waals surface area contributed by atoms with Crippen LogP contribution < -0.4 is 15.4 Å². The van der Waals surface area contributed by atoms with Crippen LogP contribution in [0.4, 0.5) is 10.5 Å². The summed E-state index contributed by atoms with van der Waals surface area (Å²) in [6.07, 6.45) is 2.57. The molecule has 0 radical (unpaired) electrons. The summed E-state index contributed by atoms with van der Waals surface area (Å²) in [5.74, 6) is 1.01. The molecule has 0 spiro atoms. The molecule has 0 bridgehead atoms. The van der Waals surface area contributed by atoms with E-state index in [1.165, 1.54) is 0 Å². The second-order valence-corrected chi connectivity index (χ2v) is 5.51. The summed E-state index contributed by atoms with van der Waals surface area (Å²) < 4.78 is 5.47. The first-order valence-electron chi connectivity index (χ1n) is 7.56. The van der Waals surface area contributed by atoms with Crippen molar-refractivity contribution in [1.29, 1.82) is 0 Å². The Morgan fingerprint density at radius 1 is 1.43 bits per heavy atom. The lowest BCUT2D eigenvalue weighted by molar-refractivity contribution is 0.133. The number of hydrogen-bond donors (Lipinski definition) is 3. The van der Waals surface area contributed by atoms with Crippen LogP contribution in [-0.4, -0.2) is 30.4 Å². The van der Waals surface area contributed by atoms with E-state index in [2.05, 4.69) is 10.6 Å². The Labute approximate surface area is 125 Å². The van der Waals surface area contributed by atoms with Gasteiger partial charge in [0, 0.05) is 18.2 Å². The molecule has 2 rings (SSSR count). The van der Waals surface area contributed by atoms with Crippen LogP contribution in [0.15, 0.2) is 18.2 Å². The standard InChI is InChI=1S/C16H24N2O3/c1-3-21-15-8-7-13(9-11(15)2)18-16(20)17-10-12-5-4-6-14(12)19/h7-9,12,14,19H,3-6,10H2,1-2H3,(H2,17,18,20)/t12-,14+/m0/s1. The number of hydrogen-bond acceptors (Lipinski definition) is 3. The van der Waals surface area contributed by atoms with Gasteiger partial charge in [0.25, 0.3) is 0 Å². The lowest BCUT2D eigenvalue weighted by atomic mass is 10.1. The summed E-state index contributed by atoms with van der Waals surface area (Å²) in [6.45, 7) is 5.03.